The molecule has 10 heteroatoms. The van der Waals surface area contributed by atoms with Crippen molar-refractivity contribution >= 4 is 31.4 Å². The van der Waals surface area contributed by atoms with Gasteiger partial charge in [-0.25, -0.2) is 16.8 Å². The summed E-state index contributed by atoms with van der Waals surface area (Å²) < 4.78 is 50.6. The number of aromatic hydroxyl groups is 1. The van der Waals surface area contributed by atoms with Crippen LogP contribution in [-0.4, -0.2) is 44.6 Å². The van der Waals surface area contributed by atoms with Gasteiger partial charge in [-0.3, -0.25) is 4.72 Å². The van der Waals surface area contributed by atoms with Crippen molar-refractivity contribution in [3.05, 3.63) is 59.7 Å². The van der Waals surface area contributed by atoms with E-state index >= 15 is 0 Å². The molecule has 0 aromatic heterocycles. The van der Waals surface area contributed by atoms with Gasteiger partial charge in [-0.05, 0) is 23.8 Å². The molecule has 0 amide bonds. The van der Waals surface area contributed by atoms with Crippen molar-refractivity contribution in [3.63, 3.8) is 0 Å². The van der Waals surface area contributed by atoms with E-state index in [-0.39, 0.29) is 12.2 Å². The Morgan fingerprint density at radius 1 is 1.07 bits per heavy atom. The molecule has 0 unspecified atom stereocenters. The molecule has 0 spiro atoms. The Balaban J connectivity index is 2.00. The smallest absolute Gasteiger partial charge is 0.247 e. The SMILES string of the molecule is CS(=O)(=O)Nc1cccc(C2=NN(S(C)(=O)=O)[C@@H](c3ccccc3O)C2)c1. The first-order valence-electron chi connectivity index (χ1n) is 7.97. The average Bonchev–Trinajstić information content (AvgIpc) is 2.99. The molecule has 3 rings (SSSR count). The van der Waals surface area contributed by atoms with Gasteiger partial charge in [-0.1, -0.05) is 30.3 Å². The lowest BCUT2D eigenvalue weighted by Crippen LogP contribution is -2.25. The molecule has 0 saturated heterocycles. The van der Waals surface area contributed by atoms with E-state index in [4.69, 9.17) is 0 Å². The number of anilines is 1. The number of hydrogen-bond donors (Lipinski definition) is 2. The number of sulfonamides is 2. The van der Waals surface area contributed by atoms with E-state index in [9.17, 15) is 21.9 Å². The second-order valence-corrected chi connectivity index (χ2v) is 9.90. The van der Waals surface area contributed by atoms with E-state index in [1.54, 1.807) is 42.5 Å². The van der Waals surface area contributed by atoms with Gasteiger partial charge >= 0.3 is 0 Å². The number of hydrogen-bond acceptors (Lipinski definition) is 6. The summed E-state index contributed by atoms with van der Waals surface area (Å²) in [5.74, 6) is -0.0138. The Labute approximate surface area is 158 Å². The van der Waals surface area contributed by atoms with Gasteiger partial charge in [0.2, 0.25) is 20.0 Å². The van der Waals surface area contributed by atoms with E-state index in [1.807, 2.05) is 0 Å². The van der Waals surface area contributed by atoms with Gasteiger partial charge in [0, 0.05) is 17.7 Å². The van der Waals surface area contributed by atoms with Crippen LogP contribution in [0.15, 0.2) is 53.6 Å². The zero-order valence-electron chi connectivity index (χ0n) is 14.7. The first-order chi connectivity index (χ1) is 12.5. The second-order valence-electron chi connectivity index (χ2n) is 6.32. The molecule has 2 N–H and O–H groups in total. The standard InChI is InChI=1S/C17H19N3O5S2/c1-26(22,23)19-13-7-5-6-12(10-13)15-11-16(20(18-15)27(2,24)25)14-8-3-4-9-17(14)21/h3-10,16,19,21H,11H2,1-2H3/t16-/m1/s1. The number of hydrazone groups is 1. The van der Waals surface area contributed by atoms with Crippen LogP contribution in [0.5, 0.6) is 5.75 Å². The highest BCUT2D eigenvalue weighted by atomic mass is 32.2. The van der Waals surface area contributed by atoms with Gasteiger partial charge in [-0.2, -0.15) is 9.52 Å². The molecule has 27 heavy (non-hydrogen) atoms. The lowest BCUT2D eigenvalue weighted by atomic mass is 9.98. The fourth-order valence-corrected chi connectivity index (χ4v) is 4.40. The summed E-state index contributed by atoms with van der Waals surface area (Å²) in [5.41, 5.74) is 1.88. The number of benzene rings is 2. The number of nitrogens with one attached hydrogen (secondary N) is 1. The Bertz CT molecular complexity index is 1110. The lowest BCUT2D eigenvalue weighted by molar-refractivity contribution is 0.361. The quantitative estimate of drug-likeness (QED) is 0.782. The fourth-order valence-electron chi connectivity index (χ4n) is 2.95. The number of para-hydroxylation sites is 1. The third kappa shape index (κ3) is 4.40. The first-order valence-corrected chi connectivity index (χ1v) is 11.7. The van der Waals surface area contributed by atoms with Crippen LogP contribution in [0.1, 0.15) is 23.6 Å². The van der Waals surface area contributed by atoms with Crippen LogP contribution < -0.4 is 4.72 Å². The number of phenolic OH excluding ortho intramolecular Hbond substituents is 1. The van der Waals surface area contributed by atoms with E-state index < -0.39 is 26.1 Å². The van der Waals surface area contributed by atoms with Crippen LogP contribution in [0, 0.1) is 0 Å². The van der Waals surface area contributed by atoms with Gasteiger partial charge in [0.05, 0.1) is 24.3 Å². The van der Waals surface area contributed by atoms with Gasteiger partial charge in [0.25, 0.3) is 0 Å². The largest absolute Gasteiger partial charge is 0.508 e. The molecule has 144 valence electrons. The molecule has 0 saturated carbocycles. The summed E-state index contributed by atoms with van der Waals surface area (Å²) in [7, 11) is -7.11. The van der Waals surface area contributed by atoms with E-state index in [1.165, 1.54) is 6.07 Å². The summed E-state index contributed by atoms with van der Waals surface area (Å²) in [6.45, 7) is 0. The molecule has 1 atom stereocenters. The molecule has 0 bridgehead atoms. The molecule has 1 aliphatic rings. The normalized spacial score (nSPS) is 17.6. The molecule has 8 nitrogen and oxygen atoms in total. The minimum absolute atomic E-state index is 0.0138. The zero-order chi connectivity index (χ0) is 19.8. The second kappa shape index (κ2) is 6.86. The van der Waals surface area contributed by atoms with Crippen LogP contribution in [0.4, 0.5) is 5.69 Å². The summed E-state index contributed by atoms with van der Waals surface area (Å²) in [6.07, 6.45) is 2.34. The van der Waals surface area contributed by atoms with Crippen molar-refractivity contribution in [3.8, 4) is 5.75 Å². The van der Waals surface area contributed by atoms with Crippen LogP contribution >= 0.6 is 0 Å². The summed E-state index contributed by atoms with van der Waals surface area (Å²) >= 11 is 0. The highest BCUT2D eigenvalue weighted by Crippen LogP contribution is 2.38. The number of rotatable bonds is 5. The third-order valence-electron chi connectivity index (χ3n) is 4.01. The number of phenols is 1. The molecule has 2 aromatic rings. The minimum Gasteiger partial charge on any atom is -0.508 e. The van der Waals surface area contributed by atoms with Gasteiger partial charge in [-0.15, -0.1) is 0 Å². The molecule has 0 radical (unpaired) electrons. The van der Waals surface area contributed by atoms with Crippen molar-refractivity contribution < 1.29 is 21.9 Å². The maximum atomic E-state index is 12.2. The maximum absolute atomic E-state index is 12.2. The van der Waals surface area contributed by atoms with Gasteiger partial charge in [0.1, 0.15) is 5.75 Å². The van der Waals surface area contributed by atoms with Crippen LogP contribution in [0.3, 0.4) is 0 Å². The van der Waals surface area contributed by atoms with E-state index in [2.05, 4.69) is 9.82 Å². The third-order valence-corrected chi connectivity index (χ3v) is 5.63. The maximum Gasteiger partial charge on any atom is 0.247 e. The highest BCUT2D eigenvalue weighted by molar-refractivity contribution is 7.92. The van der Waals surface area contributed by atoms with Crippen LogP contribution in [-0.2, 0) is 20.0 Å². The van der Waals surface area contributed by atoms with E-state index in [0.29, 0.717) is 22.5 Å². The first kappa shape index (κ1) is 19.2. The minimum atomic E-state index is -3.67. The predicted octanol–water partition coefficient (Wildman–Crippen LogP) is 1.87. The van der Waals surface area contributed by atoms with Gasteiger partial charge < -0.3 is 5.11 Å². The van der Waals surface area contributed by atoms with Crippen molar-refractivity contribution in [1.29, 1.82) is 0 Å². The van der Waals surface area contributed by atoms with Gasteiger partial charge in [0.15, 0.2) is 0 Å². The number of nitrogens with zero attached hydrogens (tertiary/aromatic N) is 2. The van der Waals surface area contributed by atoms with Crippen LogP contribution in [0.2, 0.25) is 0 Å². The predicted molar refractivity (Wildman–Crippen MR) is 104 cm³/mol. The molecule has 0 aliphatic carbocycles. The fraction of sp³-hybridized carbons (Fsp3) is 0.235. The highest BCUT2D eigenvalue weighted by Gasteiger charge is 2.35. The van der Waals surface area contributed by atoms with Crippen molar-refractivity contribution in [2.24, 2.45) is 5.10 Å². The molecule has 1 aliphatic heterocycles. The molecular formula is C17H19N3O5S2. The van der Waals surface area contributed by atoms with Crippen LogP contribution in [0.25, 0.3) is 0 Å². The van der Waals surface area contributed by atoms with Crippen molar-refractivity contribution in [2.45, 2.75) is 12.5 Å². The Morgan fingerprint density at radius 2 is 1.78 bits per heavy atom. The molecular weight excluding hydrogens is 390 g/mol. The summed E-state index contributed by atoms with van der Waals surface area (Å²) in [6, 6.07) is 12.4. The summed E-state index contributed by atoms with van der Waals surface area (Å²) in [5, 5.41) is 14.4. The summed E-state index contributed by atoms with van der Waals surface area (Å²) in [4.78, 5) is 0. The van der Waals surface area contributed by atoms with E-state index in [0.717, 1.165) is 16.9 Å². The van der Waals surface area contributed by atoms with Crippen molar-refractivity contribution in [1.82, 2.24) is 4.41 Å². The lowest BCUT2D eigenvalue weighted by Gasteiger charge is -2.22. The topological polar surface area (TPSA) is 116 Å². The monoisotopic (exact) mass is 409 g/mol. The Hall–Kier alpha value is -2.59. The Morgan fingerprint density at radius 3 is 2.41 bits per heavy atom. The average molecular weight is 409 g/mol. The molecule has 0 fully saturated rings. The Kier molecular flexibility index (Phi) is 4.87. The molecule has 2 aromatic carbocycles. The zero-order valence-corrected chi connectivity index (χ0v) is 16.3. The van der Waals surface area contributed by atoms with Crippen molar-refractivity contribution in [2.75, 3.05) is 17.2 Å². The molecule has 1 heterocycles.